The number of benzene rings is 1. The van der Waals surface area contributed by atoms with Crippen LogP contribution in [0.2, 0.25) is 0 Å². The van der Waals surface area contributed by atoms with Crippen molar-refractivity contribution in [2.45, 2.75) is 25.1 Å². The number of pyridine rings is 1. The van der Waals surface area contributed by atoms with E-state index in [1.54, 1.807) is 0 Å². The molecule has 0 spiro atoms. The Morgan fingerprint density at radius 1 is 1.29 bits per heavy atom. The van der Waals surface area contributed by atoms with E-state index in [1.807, 2.05) is 37.3 Å². The summed E-state index contributed by atoms with van der Waals surface area (Å²) in [5.41, 5.74) is 2.97. The van der Waals surface area contributed by atoms with Gasteiger partial charge in [0.15, 0.2) is 0 Å². The van der Waals surface area contributed by atoms with Gasteiger partial charge in [-0.05, 0) is 31.5 Å². The number of hydrogen-bond acceptors (Lipinski definition) is 3. The Labute approximate surface area is 129 Å². The van der Waals surface area contributed by atoms with Crippen LogP contribution in [0, 0.1) is 6.92 Å². The molecule has 1 aromatic carbocycles. The topological polar surface area (TPSA) is 31.4 Å². The maximum atomic E-state index is 5.98. The van der Waals surface area contributed by atoms with Crippen LogP contribution in [0.1, 0.15) is 29.3 Å². The van der Waals surface area contributed by atoms with E-state index < -0.39 is 0 Å². The number of fused-ring (bicyclic) bond motifs is 1. The van der Waals surface area contributed by atoms with Crippen LogP contribution < -0.4 is 9.47 Å². The Balaban J connectivity index is 1.74. The van der Waals surface area contributed by atoms with Crippen molar-refractivity contribution < 1.29 is 9.47 Å². The fourth-order valence-corrected chi connectivity index (χ4v) is 2.80. The summed E-state index contributed by atoms with van der Waals surface area (Å²) < 4.78 is 11.7. The van der Waals surface area contributed by atoms with Crippen LogP contribution in [0.5, 0.6) is 11.5 Å². The van der Waals surface area contributed by atoms with Crippen molar-refractivity contribution in [1.29, 1.82) is 0 Å². The molecule has 21 heavy (non-hydrogen) atoms. The molecule has 2 aromatic rings. The molecule has 0 N–H and O–H groups in total. The largest absolute Gasteiger partial charge is 0.493 e. The van der Waals surface area contributed by atoms with Gasteiger partial charge in [0.05, 0.1) is 24.8 Å². The van der Waals surface area contributed by atoms with Crippen LogP contribution in [0.15, 0.2) is 36.4 Å². The van der Waals surface area contributed by atoms with Gasteiger partial charge in [-0.25, -0.2) is 0 Å². The number of rotatable bonds is 4. The normalized spacial score (nSPS) is 17.0. The number of para-hydroxylation sites is 1. The van der Waals surface area contributed by atoms with Crippen molar-refractivity contribution >= 4 is 11.6 Å². The minimum absolute atomic E-state index is 0.347. The van der Waals surface area contributed by atoms with Crippen molar-refractivity contribution in [3.05, 3.63) is 53.3 Å². The van der Waals surface area contributed by atoms with Gasteiger partial charge in [0.1, 0.15) is 11.5 Å². The summed E-state index contributed by atoms with van der Waals surface area (Å²) in [7, 11) is 0. The van der Waals surface area contributed by atoms with E-state index in [-0.39, 0.29) is 0 Å². The molecular weight excluding hydrogens is 286 g/mol. The highest BCUT2D eigenvalue weighted by molar-refractivity contribution is 6.17. The highest BCUT2D eigenvalue weighted by Crippen LogP contribution is 2.34. The molecule has 4 heteroatoms. The van der Waals surface area contributed by atoms with Crippen LogP contribution >= 0.6 is 11.6 Å². The third kappa shape index (κ3) is 3.13. The zero-order valence-corrected chi connectivity index (χ0v) is 12.8. The van der Waals surface area contributed by atoms with Gasteiger partial charge in [0, 0.05) is 17.2 Å². The maximum absolute atomic E-state index is 5.98. The lowest BCUT2D eigenvalue weighted by Gasteiger charge is -2.26. The van der Waals surface area contributed by atoms with Gasteiger partial charge in [-0.15, -0.1) is 11.6 Å². The Hall–Kier alpha value is -1.74. The van der Waals surface area contributed by atoms with E-state index >= 15 is 0 Å². The third-order valence-electron chi connectivity index (χ3n) is 3.72. The molecule has 3 rings (SSSR count). The first-order valence-electron chi connectivity index (χ1n) is 7.15. The van der Waals surface area contributed by atoms with Gasteiger partial charge < -0.3 is 9.47 Å². The summed E-state index contributed by atoms with van der Waals surface area (Å²) in [6.45, 7) is 3.31. The lowest BCUT2D eigenvalue weighted by atomic mass is 9.94. The standard InChI is InChI=1S/C17H18ClNO2/c1-12-6-7-17(15(10-18)19-12)21-11-13-8-9-20-16-5-3-2-4-14(13)16/h2-7,13H,8-11H2,1H3. The molecule has 0 radical (unpaired) electrons. The molecule has 2 heterocycles. The summed E-state index contributed by atoms with van der Waals surface area (Å²) in [4.78, 5) is 4.42. The molecule has 1 aromatic heterocycles. The van der Waals surface area contributed by atoms with Crippen molar-refractivity contribution in [3.8, 4) is 11.5 Å². The van der Waals surface area contributed by atoms with Gasteiger partial charge in [-0.3, -0.25) is 4.98 Å². The van der Waals surface area contributed by atoms with Gasteiger partial charge in [0.2, 0.25) is 0 Å². The Morgan fingerprint density at radius 3 is 3.00 bits per heavy atom. The summed E-state index contributed by atoms with van der Waals surface area (Å²) in [5.74, 6) is 2.46. The molecule has 0 aliphatic carbocycles. The predicted molar refractivity (Wildman–Crippen MR) is 83.3 cm³/mol. The van der Waals surface area contributed by atoms with Crippen molar-refractivity contribution in [3.63, 3.8) is 0 Å². The van der Waals surface area contributed by atoms with E-state index in [4.69, 9.17) is 21.1 Å². The fraction of sp³-hybridized carbons (Fsp3) is 0.353. The quantitative estimate of drug-likeness (QED) is 0.798. The van der Waals surface area contributed by atoms with E-state index in [0.29, 0.717) is 18.4 Å². The Morgan fingerprint density at radius 2 is 2.14 bits per heavy atom. The van der Waals surface area contributed by atoms with Crippen LogP contribution in [0.3, 0.4) is 0 Å². The number of hydrogen-bond donors (Lipinski definition) is 0. The third-order valence-corrected chi connectivity index (χ3v) is 3.97. The number of aryl methyl sites for hydroxylation is 1. The molecule has 0 fully saturated rings. The fourth-order valence-electron chi connectivity index (χ4n) is 2.60. The first-order chi connectivity index (χ1) is 10.3. The second kappa shape index (κ2) is 6.35. The lowest BCUT2D eigenvalue weighted by Crippen LogP contribution is -2.20. The molecular formula is C17H18ClNO2. The smallest absolute Gasteiger partial charge is 0.142 e. The minimum Gasteiger partial charge on any atom is -0.493 e. The van der Waals surface area contributed by atoms with Gasteiger partial charge >= 0.3 is 0 Å². The molecule has 0 amide bonds. The summed E-state index contributed by atoms with van der Waals surface area (Å²) in [5, 5.41) is 0. The highest BCUT2D eigenvalue weighted by Gasteiger charge is 2.22. The number of aromatic nitrogens is 1. The summed E-state index contributed by atoms with van der Waals surface area (Å²) in [6, 6.07) is 12.1. The molecule has 0 saturated heterocycles. The molecule has 1 atom stereocenters. The molecule has 1 aliphatic rings. The monoisotopic (exact) mass is 303 g/mol. The SMILES string of the molecule is Cc1ccc(OCC2CCOc3ccccc32)c(CCl)n1. The number of nitrogens with zero attached hydrogens (tertiary/aromatic N) is 1. The predicted octanol–water partition coefficient (Wildman–Crippen LogP) is 4.07. The van der Waals surface area contributed by atoms with Crippen molar-refractivity contribution in [2.24, 2.45) is 0 Å². The van der Waals surface area contributed by atoms with Gasteiger partial charge in [-0.1, -0.05) is 18.2 Å². The molecule has 110 valence electrons. The van der Waals surface area contributed by atoms with Crippen LogP contribution in [-0.2, 0) is 5.88 Å². The van der Waals surface area contributed by atoms with Crippen molar-refractivity contribution in [2.75, 3.05) is 13.2 Å². The molecule has 1 unspecified atom stereocenters. The van der Waals surface area contributed by atoms with Gasteiger partial charge in [0.25, 0.3) is 0 Å². The minimum atomic E-state index is 0.347. The Bertz CT molecular complexity index is 630. The average Bonchev–Trinajstić information content (AvgIpc) is 2.53. The zero-order valence-electron chi connectivity index (χ0n) is 12.0. The first-order valence-corrected chi connectivity index (χ1v) is 7.68. The average molecular weight is 304 g/mol. The highest BCUT2D eigenvalue weighted by atomic mass is 35.5. The maximum Gasteiger partial charge on any atom is 0.142 e. The number of ether oxygens (including phenoxy) is 2. The summed E-state index contributed by atoms with van der Waals surface area (Å²) >= 11 is 5.94. The van der Waals surface area contributed by atoms with Gasteiger partial charge in [-0.2, -0.15) is 0 Å². The molecule has 3 nitrogen and oxygen atoms in total. The van der Waals surface area contributed by atoms with E-state index in [1.165, 1.54) is 5.56 Å². The Kier molecular flexibility index (Phi) is 4.30. The first kappa shape index (κ1) is 14.2. The van der Waals surface area contributed by atoms with E-state index in [2.05, 4.69) is 11.1 Å². The van der Waals surface area contributed by atoms with Crippen LogP contribution in [0.4, 0.5) is 0 Å². The zero-order chi connectivity index (χ0) is 14.7. The van der Waals surface area contributed by atoms with E-state index in [0.717, 1.165) is 35.9 Å². The molecule has 1 aliphatic heterocycles. The molecule has 0 saturated carbocycles. The lowest BCUT2D eigenvalue weighted by molar-refractivity contribution is 0.216. The second-order valence-corrected chi connectivity index (χ2v) is 5.48. The van der Waals surface area contributed by atoms with Crippen molar-refractivity contribution in [1.82, 2.24) is 4.98 Å². The van der Waals surface area contributed by atoms with Crippen LogP contribution in [0.25, 0.3) is 0 Å². The number of halogens is 1. The second-order valence-electron chi connectivity index (χ2n) is 5.21. The summed E-state index contributed by atoms with van der Waals surface area (Å²) in [6.07, 6.45) is 0.965. The van der Waals surface area contributed by atoms with E-state index in [9.17, 15) is 0 Å². The molecule has 0 bridgehead atoms. The van der Waals surface area contributed by atoms with Crippen LogP contribution in [-0.4, -0.2) is 18.2 Å². The number of alkyl halides is 1.